The average Bonchev–Trinajstić information content (AvgIpc) is 2.48. The van der Waals surface area contributed by atoms with Gasteiger partial charge in [-0.15, -0.1) is 0 Å². The molecule has 1 fully saturated rings. The third kappa shape index (κ3) is 3.22. The van der Waals surface area contributed by atoms with Crippen molar-refractivity contribution in [2.24, 2.45) is 9.81 Å². The summed E-state index contributed by atoms with van der Waals surface area (Å²) < 4.78 is 15.5. The van der Waals surface area contributed by atoms with Crippen molar-refractivity contribution in [3.8, 4) is 0 Å². The first kappa shape index (κ1) is 10.9. The predicted molar refractivity (Wildman–Crippen MR) is 58.3 cm³/mol. The van der Waals surface area contributed by atoms with Crippen LogP contribution in [0.25, 0.3) is 0 Å². The molecule has 76 valence electrons. The maximum atomic E-state index is 11.4. The zero-order valence-electron chi connectivity index (χ0n) is 8.75. The fourth-order valence-electron chi connectivity index (χ4n) is 1.61. The summed E-state index contributed by atoms with van der Waals surface area (Å²) in [6.07, 6.45) is 6.90. The van der Waals surface area contributed by atoms with Crippen LogP contribution in [0.2, 0.25) is 0 Å². The first-order chi connectivity index (χ1) is 6.03. The summed E-state index contributed by atoms with van der Waals surface area (Å²) in [5.41, 5.74) is 0.227. The number of hydrogen-bond acceptors (Lipinski definition) is 1. The van der Waals surface area contributed by atoms with E-state index in [1.54, 1.807) is 0 Å². The van der Waals surface area contributed by atoms with Crippen molar-refractivity contribution in [1.82, 2.24) is 0 Å². The van der Waals surface area contributed by atoms with Crippen molar-refractivity contribution >= 4 is 17.2 Å². The Morgan fingerprint density at radius 1 is 1.38 bits per heavy atom. The Kier molecular flexibility index (Phi) is 3.65. The molecule has 0 radical (unpaired) electrons. The molecular formula is C10H19NOS. The quantitative estimate of drug-likeness (QED) is 0.646. The van der Waals surface area contributed by atoms with Gasteiger partial charge in [0.05, 0.1) is 5.25 Å². The zero-order valence-corrected chi connectivity index (χ0v) is 9.56. The molecule has 0 heterocycles. The summed E-state index contributed by atoms with van der Waals surface area (Å²) in [7, 11) is -1.02. The highest BCUT2D eigenvalue weighted by Gasteiger charge is 2.26. The molecule has 1 rings (SSSR count). The van der Waals surface area contributed by atoms with Gasteiger partial charge in [-0.2, -0.15) is 4.40 Å². The average molecular weight is 201 g/mol. The summed E-state index contributed by atoms with van der Waals surface area (Å²) in [6.45, 7) is 6.08. The van der Waals surface area contributed by atoms with E-state index >= 15 is 0 Å². The molecule has 1 saturated carbocycles. The first-order valence-corrected chi connectivity index (χ1v) is 6.16. The topological polar surface area (TPSA) is 29.4 Å². The lowest BCUT2D eigenvalue weighted by atomic mass is 9.91. The SMILES string of the molecule is CC(C)S(=O)/N=C/C1(C)CCCC1. The highest BCUT2D eigenvalue weighted by atomic mass is 32.2. The number of rotatable bonds is 3. The Hall–Kier alpha value is -0.180. The molecule has 3 heteroatoms. The van der Waals surface area contributed by atoms with E-state index in [4.69, 9.17) is 0 Å². The van der Waals surface area contributed by atoms with Gasteiger partial charge in [0.1, 0.15) is 11.0 Å². The molecule has 0 aromatic rings. The van der Waals surface area contributed by atoms with E-state index in [1.807, 2.05) is 20.1 Å². The van der Waals surface area contributed by atoms with Crippen molar-refractivity contribution < 1.29 is 4.21 Å². The van der Waals surface area contributed by atoms with Gasteiger partial charge in [-0.3, -0.25) is 0 Å². The molecule has 0 spiro atoms. The van der Waals surface area contributed by atoms with Crippen LogP contribution >= 0.6 is 0 Å². The molecule has 0 bridgehead atoms. The van der Waals surface area contributed by atoms with Gasteiger partial charge >= 0.3 is 0 Å². The Labute approximate surface area is 83.4 Å². The summed E-state index contributed by atoms with van der Waals surface area (Å²) >= 11 is 0. The van der Waals surface area contributed by atoms with Gasteiger partial charge in [0, 0.05) is 11.6 Å². The lowest BCUT2D eigenvalue weighted by molar-refractivity contribution is 0.501. The first-order valence-electron chi connectivity index (χ1n) is 4.99. The maximum Gasteiger partial charge on any atom is 0.141 e. The summed E-state index contributed by atoms with van der Waals surface area (Å²) in [5, 5.41) is 0.140. The van der Waals surface area contributed by atoms with Gasteiger partial charge < -0.3 is 0 Å². The van der Waals surface area contributed by atoms with Crippen LogP contribution in [0.15, 0.2) is 4.40 Å². The Morgan fingerprint density at radius 2 is 1.92 bits per heavy atom. The Balaban J connectivity index is 2.51. The predicted octanol–water partition coefficient (Wildman–Crippen LogP) is 2.71. The van der Waals surface area contributed by atoms with Crippen molar-refractivity contribution in [2.45, 2.75) is 51.7 Å². The lowest BCUT2D eigenvalue weighted by Gasteiger charge is -2.16. The van der Waals surface area contributed by atoms with Crippen molar-refractivity contribution in [1.29, 1.82) is 0 Å². The molecule has 0 saturated heterocycles. The summed E-state index contributed by atoms with van der Waals surface area (Å²) in [4.78, 5) is 0. The van der Waals surface area contributed by atoms with Crippen LogP contribution in [0.5, 0.6) is 0 Å². The van der Waals surface area contributed by atoms with Gasteiger partial charge in [0.15, 0.2) is 0 Å². The van der Waals surface area contributed by atoms with Crippen LogP contribution in [0, 0.1) is 5.41 Å². The van der Waals surface area contributed by atoms with Crippen molar-refractivity contribution in [3.05, 3.63) is 0 Å². The Morgan fingerprint density at radius 3 is 2.38 bits per heavy atom. The van der Waals surface area contributed by atoms with Gasteiger partial charge in [-0.05, 0) is 26.7 Å². The molecule has 0 aliphatic heterocycles. The fourth-order valence-corrected chi connectivity index (χ4v) is 2.21. The van der Waals surface area contributed by atoms with E-state index < -0.39 is 11.0 Å². The van der Waals surface area contributed by atoms with Crippen LogP contribution in [0.4, 0.5) is 0 Å². The van der Waals surface area contributed by atoms with Crippen LogP contribution in [0.3, 0.4) is 0 Å². The number of hydrogen-bond donors (Lipinski definition) is 0. The Bertz CT molecular complexity index is 217. The third-order valence-electron chi connectivity index (χ3n) is 2.62. The van der Waals surface area contributed by atoms with E-state index in [2.05, 4.69) is 11.3 Å². The smallest absolute Gasteiger partial charge is 0.141 e. The molecule has 0 aromatic carbocycles. The maximum absolute atomic E-state index is 11.4. The standard InChI is InChI=1S/C10H19NOS/c1-9(2)13(12)11-8-10(3)6-4-5-7-10/h8-9H,4-7H2,1-3H3/b11-8+. The summed E-state index contributed by atoms with van der Waals surface area (Å²) in [5.74, 6) is 0. The van der Waals surface area contributed by atoms with E-state index in [9.17, 15) is 4.21 Å². The van der Waals surface area contributed by atoms with Gasteiger partial charge in [-0.25, -0.2) is 4.21 Å². The largest absolute Gasteiger partial charge is 0.235 e. The van der Waals surface area contributed by atoms with E-state index in [-0.39, 0.29) is 10.7 Å². The van der Waals surface area contributed by atoms with Crippen LogP contribution in [-0.2, 0) is 11.0 Å². The van der Waals surface area contributed by atoms with Crippen molar-refractivity contribution in [2.75, 3.05) is 0 Å². The van der Waals surface area contributed by atoms with Gasteiger partial charge in [0.25, 0.3) is 0 Å². The fraction of sp³-hybridized carbons (Fsp3) is 0.900. The molecule has 1 aliphatic carbocycles. The van der Waals surface area contributed by atoms with Crippen molar-refractivity contribution in [3.63, 3.8) is 0 Å². The molecule has 0 amide bonds. The highest BCUT2D eigenvalue weighted by molar-refractivity contribution is 7.84. The second-order valence-corrected chi connectivity index (χ2v) is 6.13. The minimum Gasteiger partial charge on any atom is -0.235 e. The molecule has 1 aliphatic rings. The zero-order chi connectivity index (χ0) is 9.90. The molecule has 2 nitrogen and oxygen atoms in total. The second kappa shape index (κ2) is 4.36. The number of nitrogens with zero attached hydrogens (tertiary/aromatic N) is 1. The van der Waals surface area contributed by atoms with Gasteiger partial charge in [0.2, 0.25) is 0 Å². The molecular weight excluding hydrogens is 182 g/mol. The highest BCUT2D eigenvalue weighted by Crippen LogP contribution is 2.35. The molecule has 13 heavy (non-hydrogen) atoms. The van der Waals surface area contributed by atoms with Gasteiger partial charge in [-0.1, -0.05) is 19.8 Å². The van der Waals surface area contributed by atoms with Crippen LogP contribution < -0.4 is 0 Å². The molecule has 1 unspecified atom stereocenters. The molecule has 1 atom stereocenters. The normalized spacial score (nSPS) is 24.3. The minimum absolute atomic E-state index is 0.140. The third-order valence-corrected chi connectivity index (χ3v) is 3.74. The van der Waals surface area contributed by atoms with Crippen LogP contribution in [-0.4, -0.2) is 15.7 Å². The summed E-state index contributed by atoms with van der Waals surface area (Å²) in [6, 6.07) is 0. The molecule has 0 aromatic heterocycles. The van der Waals surface area contributed by atoms with E-state index in [0.29, 0.717) is 0 Å². The van der Waals surface area contributed by atoms with Crippen LogP contribution in [0.1, 0.15) is 46.5 Å². The van der Waals surface area contributed by atoms with E-state index in [0.717, 1.165) is 0 Å². The lowest BCUT2D eigenvalue weighted by Crippen LogP contribution is -2.14. The molecule has 0 N–H and O–H groups in total. The minimum atomic E-state index is -1.02. The van der Waals surface area contributed by atoms with E-state index in [1.165, 1.54) is 25.7 Å². The second-order valence-electron chi connectivity index (χ2n) is 4.42. The monoisotopic (exact) mass is 201 g/mol.